The van der Waals surface area contributed by atoms with Crippen molar-refractivity contribution in [2.75, 3.05) is 0 Å². The molecule has 0 atom stereocenters. The summed E-state index contributed by atoms with van der Waals surface area (Å²) in [7, 11) is 0. The van der Waals surface area contributed by atoms with Gasteiger partial charge in [-0.2, -0.15) is 0 Å². The van der Waals surface area contributed by atoms with Crippen LogP contribution in [0, 0.1) is 0 Å². The van der Waals surface area contributed by atoms with Gasteiger partial charge in [-0.1, -0.05) is 39.8 Å². The van der Waals surface area contributed by atoms with E-state index in [9.17, 15) is 0 Å². The van der Waals surface area contributed by atoms with E-state index in [4.69, 9.17) is 0 Å². The van der Waals surface area contributed by atoms with Crippen molar-refractivity contribution in [3.63, 3.8) is 0 Å². The molecule has 2 aromatic heterocycles. The van der Waals surface area contributed by atoms with Gasteiger partial charge in [0, 0.05) is 23.8 Å². The molecule has 2 heterocycles. The van der Waals surface area contributed by atoms with Crippen LogP contribution in [0.25, 0.3) is 0 Å². The average molecular weight is 244 g/mol. The van der Waals surface area contributed by atoms with Crippen LogP contribution in [0.15, 0.2) is 48.8 Å². The van der Waals surface area contributed by atoms with Gasteiger partial charge >= 0.3 is 0 Å². The predicted octanol–water partition coefficient (Wildman–Crippen LogP) is 4.31. The molecule has 98 valence electrons. The third kappa shape index (κ3) is 7.55. The maximum absolute atomic E-state index is 4.10. The molecule has 0 bridgehead atoms. The lowest BCUT2D eigenvalue weighted by atomic mass is 10.3. The molecule has 0 aliphatic heterocycles. The highest BCUT2D eigenvalue weighted by Crippen LogP contribution is 1.92. The fraction of sp³-hybridized carbons (Fsp3) is 0.375. The summed E-state index contributed by atoms with van der Waals surface area (Å²) in [6, 6.07) is 11.9. The first kappa shape index (κ1) is 16.3. The summed E-state index contributed by atoms with van der Waals surface area (Å²) in [4.78, 5) is 8.19. The molecule has 2 nitrogen and oxygen atoms in total. The van der Waals surface area contributed by atoms with Crippen molar-refractivity contribution in [2.24, 2.45) is 0 Å². The Balaban J connectivity index is 0.000000283. The van der Waals surface area contributed by atoms with Crippen molar-refractivity contribution in [1.82, 2.24) is 9.97 Å². The molecule has 0 fully saturated rings. The lowest BCUT2D eigenvalue weighted by molar-refractivity contribution is 1.04. The van der Waals surface area contributed by atoms with Gasteiger partial charge in [0.15, 0.2) is 0 Å². The number of hydrogen-bond acceptors (Lipinski definition) is 2. The Morgan fingerprint density at radius 1 is 0.722 bits per heavy atom. The number of aromatic nitrogens is 2. The Labute approximate surface area is 111 Å². The molecule has 0 aliphatic carbocycles. The molecule has 0 N–H and O–H groups in total. The molecular formula is C16H24N2. The van der Waals surface area contributed by atoms with E-state index in [1.165, 1.54) is 0 Å². The molecule has 2 aromatic rings. The van der Waals surface area contributed by atoms with Gasteiger partial charge in [0.25, 0.3) is 0 Å². The molecule has 0 aromatic carbocycles. The molecule has 2 rings (SSSR count). The zero-order chi connectivity index (χ0) is 13.6. The Morgan fingerprint density at radius 3 is 1.28 bits per heavy atom. The van der Waals surface area contributed by atoms with Crippen molar-refractivity contribution in [3.05, 3.63) is 60.2 Å². The summed E-state index contributed by atoms with van der Waals surface area (Å²) in [6.07, 6.45) is 5.69. The van der Waals surface area contributed by atoms with E-state index in [-0.39, 0.29) is 0 Å². The van der Waals surface area contributed by atoms with Crippen molar-refractivity contribution in [3.8, 4) is 0 Å². The van der Waals surface area contributed by atoms with Crippen molar-refractivity contribution in [2.45, 2.75) is 40.5 Å². The number of aryl methyl sites for hydroxylation is 2. The highest BCUT2D eigenvalue weighted by Gasteiger charge is 1.82. The second-order valence-electron chi connectivity index (χ2n) is 3.35. The fourth-order valence-electron chi connectivity index (χ4n) is 1.21. The van der Waals surface area contributed by atoms with E-state index in [1.807, 2.05) is 62.6 Å². The van der Waals surface area contributed by atoms with Crippen molar-refractivity contribution >= 4 is 0 Å². The first-order valence-corrected chi connectivity index (χ1v) is 6.66. The van der Waals surface area contributed by atoms with E-state index in [0.29, 0.717) is 0 Å². The van der Waals surface area contributed by atoms with Gasteiger partial charge in [-0.25, -0.2) is 0 Å². The van der Waals surface area contributed by atoms with Crippen LogP contribution in [0.5, 0.6) is 0 Å². The van der Waals surface area contributed by atoms with E-state index >= 15 is 0 Å². The van der Waals surface area contributed by atoms with Gasteiger partial charge in [-0.15, -0.1) is 0 Å². The van der Waals surface area contributed by atoms with Crippen molar-refractivity contribution < 1.29 is 0 Å². The topological polar surface area (TPSA) is 25.8 Å². The average Bonchev–Trinajstić information content (AvgIpc) is 2.51. The van der Waals surface area contributed by atoms with Crippen LogP contribution in [0.3, 0.4) is 0 Å². The molecule has 0 aliphatic rings. The minimum Gasteiger partial charge on any atom is -0.261 e. The van der Waals surface area contributed by atoms with E-state index < -0.39 is 0 Å². The van der Waals surface area contributed by atoms with E-state index in [0.717, 1.165) is 24.2 Å². The minimum absolute atomic E-state index is 1.03. The standard InChI is InChI=1S/2C7H9N.C2H6/c2*1-2-7-5-3-4-6-8-7;1-2/h2*3-6H,2H2,1H3;1-2H3. The molecule has 0 saturated heterocycles. The zero-order valence-corrected chi connectivity index (χ0v) is 11.9. The Morgan fingerprint density at radius 2 is 1.11 bits per heavy atom. The summed E-state index contributed by atoms with van der Waals surface area (Å²) in [5.41, 5.74) is 2.32. The van der Waals surface area contributed by atoms with Crippen LogP contribution in [0.4, 0.5) is 0 Å². The SMILES string of the molecule is CC.CCc1ccccn1.CCc1ccccn1. The van der Waals surface area contributed by atoms with Crippen LogP contribution in [-0.4, -0.2) is 9.97 Å². The molecule has 0 spiro atoms. The van der Waals surface area contributed by atoms with Crippen LogP contribution in [0.2, 0.25) is 0 Å². The zero-order valence-electron chi connectivity index (χ0n) is 11.9. The number of pyridine rings is 2. The molecule has 0 radical (unpaired) electrons. The molecular weight excluding hydrogens is 220 g/mol. The number of hydrogen-bond donors (Lipinski definition) is 0. The minimum atomic E-state index is 1.03. The lowest BCUT2D eigenvalue weighted by Gasteiger charge is -1.88. The third-order valence-electron chi connectivity index (χ3n) is 2.18. The van der Waals surface area contributed by atoms with Crippen LogP contribution < -0.4 is 0 Å². The maximum atomic E-state index is 4.10. The second kappa shape index (κ2) is 11.8. The quantitative estimate of drug-likeness (QED) is 0.786. The highest BCUT2D eigenvalue weighted by atomic mass is 14.7. The molecule has 2 heteroatoms. The van der Waals surface area contributed by atoms with Crippen molar-refractivity contribution in [1.29, 1.82) is 0 Å². The molecule has 18 heavy (non-hydrogen) atoms. The second-order valence-corrected chi connectivity index (χ2v) is 3.35. The van der Waals surface area contributed by atoms with Crippen LogP contribution >= 0.6 is 0 Å². The maximum Gasteiger partial charge on any atom is 0.0400 e. The lowest BCUT2D eigenvalue weighted by Crippen LogP contribution is -1.81. The summed E-state index contributed by atoms with van der Waals surface area (Å²) in [6.45, 7) is 8.20. The predicted molar refractivity (Wildman–Crippen MR) is 78.6 cm³/mol. The summed E-state index contributed by atoms with van der Waals surface area (Å²) in [5.74, 6) is 0. The number of nitrogens with zero attached hydrogens (tertiary/aromatic N) is 2. The first-order chi connectivity index (χ1) is 8.86. The third-order valence-corrected chi connectivity index (χ3v) is 2.18. The Bertz CT molecular complexity index is 331. The van der Waals surface area contributed by atoms with Gasteiger partial charge < -0.3 is 0 Å². The summed E-state index contributed by atoms with van der Waals surface area (Å²) in [5, 5.41) is 0. The Hall–Kier alpha value is -1.70. The van der Waals surface area contributed by atoms with Gasteiger partial charge in [0.2, 0.25) is 0 Å². The fourth-order valence-corrected chi connectivity index (χ4v) is 1.21. The highest BCUT2D eigenvalue weighted by molar-refractivity contribution is 5.03. The largest absolute Gasteiger partial charge is 0.261 e. The van der Waals surface area contributed by atoms with E-state index in [2.05, 4.69) is 23.8 Å². The van der Waals surface area contributed by atoms with E-state index in [1.54, 1.807) is 0 Å². The normalized spacial score (nSPS) is 8.44. The van der Waals surface area contributed by atoms with Crippen LogP contribution in [-0.2, 0) is 12.8 Å². The smallest absolute Gasteiger partial charge is 0.0400 e. The van der Waals surface area contributed by atoms with Gasteiger partial charge in [-0.05, 0) is 37.1 Å². The first-order valence-electron chi connectivity index (χ1n) is 6.66. The molecule has 0 amide bonds. The monoisotopic (exact) mass is 244 g/mol. The summed E-state index contributed by atoms with van der Waals surface area (Å²) >= 11 is 0. The number of rotatable bonds is 2. The molecule has 0 unspecified atom stereocenters. The van der Waals surface area contributed by atoms with Gasteiger partial charge in [-0.3, -0.25) is 9.97 Å². The summed E-state index contributed by atoms with van der Waals surface area (Å²) < 4.78 is 0. The van der Waals surface area contributed by atoms with Crippen LogP contribution in [0.1, 0.15) is 39.1 Å². The Kier molecular flexibility index (Phi) is 10.7. The van der Waals surface area contributed by atoms with Gasteiger partial charge in [0.05, 0.1) is 0 Å². The molecule has 0 saturated carbocycles. The van der Waals surface area contributed by atoms with Gasteiger partial charge in [0.1, 0.15) is 0 Å².